The van der Waals surface area contributed by atoms with E-state index in [1.807, 2.05) is 21.1 Å². The minimum atomic E-state index is -1.52. The van der Waals surface area contributed by atoms with Crippen molar-refractivity contribution in [1.82, 2.24) is 0 Å². The number of carbonyl (C=O) groups is 3. The number of rotatable bonds is 43. The van der Waals surface area contributed by atoms with E-state index in [0.29, 0.717) is 23.9 Å². The van der Waals surface area contributed by atoms with Crippen molar-refractivity contribution in [1.29, 1.82) is 0 Å². The van der Waals surface area contributed by atoms with Crippen LogP contribution in [0.4, 0.5) is 0 Å². The number of carbonyl (C=O) groups excluding carboxylic acids is 2. The Morgan fingerprint density at radius 2 is 0.950 bits per heavy atom. The van der Waals surface area contributed by atoms with Gasteiger partial charge in [-0.1, -0.05) is 177 Å². The van der Waals surface area contributed by atoms with Gasteiger partial charge in [0, 0.05) is 12.8 Å². The zero-order valence-electron chi connectivity index (χ0n) is 39.1. The molecule has 9 nitrogen and oxygen atoms in total. The van der Waals surface area contributed by atoms with Gasteiger partial charge in [-0.25, -0.2) is 4.79 Å². The SMILES string of the molecule is CC/C=C\C/C=C\C/C=C\C/C=C\C/C=C\CCCCCC(=O)OC(COC(=O)CCCCCCCCCCCCCCCCCC)COC(OCC[N+](C)(C)C)C(=O)O. The minimum absolute atomic E-state index is 0.179. The van der Waals surface area contributed by atoms with Gasteiger partial charge in [-0.2, -0.15) is 0 Å². The van der Waals surface area contributed by atoms with Crippen molar-refractivity contribution in [3.05, 3.63) is 60.8 Å². The summed E-state index contributed by atoms with van der Waals surface area (Å²) in [6, 6.07) is 0. The summed E-state index contributed by atoms with van der Waals surface area (Å²) in [4.78, 5) is 37.2. The third-order valence-electron chi connectivity index (χ3n) is 10.0. The first-order valence-corrected chi connectivity index (χ1v) is 24.0. The summed E-state index contributed by atoms with van der Waals surface area (Å²) in [6.07, 6.45) is 48.5. The zero-order valence-corrected chi connectivity index (χ0v) is 39.1. The molecule has 0 aliphatic carbocycles. The number of hydrogen-bond acceptors (Lipinski definition) is 7. The monoisotopic (exact) mass is 845 g/mol. The van der Waals surface area contributed by atoms with Gasteiger partial charge in [0.2, 0.25) is 0 Å². The molecule has 2 atom stereocenters. The lowest BCUT2D eigenvalue weighted by Gasteiger charge is -2.25. The second kappa shape index (κ2) is 42.7. The highest BCUT2D eigenvalue weighted by atomic mass is 16.7. The Morgan fingerprint density at radius 1 is 0.517 bits per heavy atom. The fourth-order valence-electron chi connectivity index (χ4n) is 6.33. The summed E-state index contributed by atoms with van der Waals surface area (Å²) < 4.78 is 22.7. The summed E-state index contributed by atoms with van der Waals surface area (Å²) in [5.74, 6) is -2.05. The summed E-state index contributed by atoms with van der Waals surface area (Å²) in [5, 5.41) is 9.65. The molecule has 0 amide bonds. The molecule has 0 aliphatic heterocycles. The van der Waals surface area contributed by atoms with Gasteiger partial charge < -0.3 is 28.5 Å². The molecule has 0 saturated carbocycles. The molecule has 0 rings (SSSR count). The number of unbranched alkanes of at least 4 members (excludes halogenated alkanes) is 18. The van der Waals surface area contributed by atoms with Crippen LogP contribution in [-0.2, 0) is 33.3 Å². The molecular formula is C51H90NO8+. The van der Waals surface area contributed by atoms with Gasteiger partial charge in [0.1, 0.15) is 13.2 Å². The van der Waals surface area contributed by atoms with Gasteiger partial charge in [0.25, 0.3) is 6.29 Å². The molecule has 1 N–H and O–H groups in total. The third-order valence-corrected chi connectivity index (χ3v) is 10.0. The van der Waals surface area contributed by atoms with Crippen molar-refractivity contribution in [3.63, 3.8) is 0 Å². The van der Waals surface area contributed by atoms with Crippen molar-refractivity contribution >= 4 is 17.9 Å². The standard InChI is InChI=1S/C51H89NO8/c1-6-8-10-12-14-16-18-20-22-24-25-26-28-30-32-34-36-38-40-42-49(54)60-47(46-59-51(50(55)56)57-44-43-52(3,4)5)45-58-48(53)41-39-37-35-33-31-29-27-23-21-19-17-15-13-11-9-7-2/h8,10,14,16,20,22,25-26,30,32,47,51H,6-7,9,11-13,15,17-19,21,23-24,27-29,31,33-46H2,1-5H3/p+1/b10-8-,16-14-,22-20-,26-25-,32-30-. The molecule has 0 fully saturated rings. The highest BCUT2D eigenvalue weighted by molar-refractivity contribution is 5.71. The molecule has 0 aromatic rings. The normalized spacial score (nSPS) is 13.4. The number of esters is 2. The van der Waals surface area contributed by atoms with E-state index in [1.54, 1.807) is 0 Å². The van der Waals surface area contributed by atoms with Gasteiger partial charge in [-0.05, 0) is 57.8 Å². The average molecular weight is 845 g/mol. The van der Waals surface area contributed by atoms with E-state index in [-0.39, 0.29) is 32.2 Å². The van der Waals surface area contributed by atoms with Gasteiger partial charge >= 0.3 is 17.9 Å². The van der Waals surface area contributed by atoms with Crippen LogP contribution in [-0.4, -0.2) is 87.4 Å². The number of carboxylic acids is 1. The van der Waals surface area contributed by atoms with E-state index in [4.69, 9.17) is 18.9 Å². The van der Waals surface area contributed by atoms with E-state index in [1.165, 1.54) is 83.5 Å². The van der Waals surface area contributed by atoms with Crippen LogP contribution < -0.4 is 0 Å². The van der Waals surface area contributed by atoms with Crippen molar-refractivity contribution in [3.8, 4) is 0 Å². The topological polar surface area (TPSA) is 108 Å². The molecule has 0 spiro atoms. The average Bonchev–Trinajstić information content (AvgIpc) is 3.21. The first-order valence-electron chi connectivity index (χ1n) is 24.0. The highest BCUT2D eigenvalue weighted by Gasteiger charge is 2.25. The molecule has 0 aliphatic rings. The Hall–Kier alpha value is -3.01. The Bertz CT molecular complexity index is 1170. The molecule has 0 aromatic heterocycles. The predicted octanol–water partition coefficient (Wildman–Crippen LogP) is 12.9. The maximum absolute atomic E-state index is 12.8. The smallest absolute Gasteiger partial charge is 0.361 e. The van der Waals surface area contributed by atoms with Crippen LogP contribution in [0.15, 0.2) is 60.8 Å². The maximum atomic E-state index is 12.8. The number of likely N-dealkylation sites (N-methyl/N-ethyl adjacent to an activating group) is 1. The maximum Gasteiger partial charge on any atom is 0.361 e. The Morgan fingerprint density at radius 3 is 1.42 bits per heavy atom. The summed E-state index contributed by atoms with van der Waals surface area (Å²) in [6.45, 7) is 4.72. The number of nitrogens with zero attached hydrogens (tertiary/aromatic N) is 1. The van der Waals surface area contributed by atoms with Crippen molar-refractivity contribution < 1.29 is 42.9 Å². The molecule has 0 heterocycles. The Balaban J connectivity index is 4.46. The van der Waals surface area contributed by atoms with Crippen molar-refractivity contribution in [2.75, 3.05) is 47.5 Å². The zero-order chi connectivity index (χ0) is 44.2. The number of allylic oxidation sites excluding steroid dienone is 10. The summed E-state index contributed by atoms with van der Waals surface area (Å²) in [5.41, 5.74) is 0. The minimum Gasteiger partial charge on any atom is -0.477 e. The molecule has 0 radical (unpaired) electrons. The molecule has 346 valence electrons. The molecule has 2 unspecified atom stereocenters. The second-order valence-electron chi connectivity index (χ2n) is 17.0. The fourth-order valence-corrected chi connectivity index (χ4v) is 6.33. The first kappa shape index (κ1) is 57.0. The van der Waals surface area contributed by atoms with Crippen molar-refractivity contribution in [2.24, 2.45) is 0 Å². The first-order chi connectivity index (χ1) is 29.1. The van der Waals surface area contributed by atoms with Crippen LogP contribution in [0.1, 0.15) is 187 Å². The molecular weight excluding hydrogens is 755 g/mol. The van der Waals surface area contributed by atoms with Gasteiger partial charge in [0.05, 0.1) is 34.4 Å². The quantitative estimate of drug-likeness (QED) is 0.0212. The lowest BCUT2D eigenvalue weighted by atomic mass is 10.0. The number of hydrogen-bond donors (Lipinski definition) is 1. The largest absolute Gasteiger partial charge is 0.477 e. The fraction of sp³-hybridized carbons (Fsp3) is 0.745. The lowest BCUT2D eigenvalue weighted by Crippen LogP contribution is -2.40. The van der Waals surface area contributed by atoms with Gasteiger partial charge in [0.15, 0.2) is 6.10 Å². The third kappa shape index (κ3) is 43.1. The van der Waals surface area contributed by atoms with Crippen molar-refractivity contribution in [2.45, 2.75) is 200 Å². The van der Waals surface area contributed by atoms with Crippen LogP contribution >= 0.6 is 0 Å². The number of carboxylic acid groups (broad SMARTS) is 1. The van der Waals surface area contributed by atoms with E-state index >= 15 is 0 Å². The van der Waals surface area contributed by atoms with E-state index in [9.17, 15) is 19.5 Å². The summed E-state index contributed by atoms with van der Waals surface area (Å²) in [7, 11) is 5.94. The van der Waals surface area contributed by atoms with Gasteiger partial charge in [-0.15, -0.1) is 0 Å². The second-order valence-corrected chi connectivity index (χ2v) is 17.0. The molecule has 0 aromatic carbocycles. The Labute approximate surface area is 367 Å². The molecule has 0 saturated heterocycles. The lowest BCUT2D eigenvalue weighted by molar-refractivity contribution is -0.870. The predicted molar refractivity (Wildman–Crippen MR) is 249 cm³/mol. The number of ether oxygens (including phenoxy) is 4. The van der Waals surface area contributed by atoms with E-state index in [0.717, 1.165) is 70.6 Å². The summed E-state index contributed by atoms with van der Waals surface area (Å²) >= 11 is 0. The van der Waals surface area contributed by atoms with Gasteiger partial charge in [-0.3, -0.25) is 9.59 Å². The number of aliphatic carboxylic acids is 1. The molecule has 60 heavy (non-hydrogen) atoms. The van der Waals surface area contributed by atoms with E-state index in [2.05, 4.69) is 74.6 Å². The van der Waals surface area contributed by atoms with Crippen LogP contribution in [0.3, 0.4) is 0 Å². The molecule has 9 heteroatoms. The Kier molecular flexibility index (Phi) is 40.5. The van der Waals surface area contributed by atoms with E-state index < -0.39 is 24.3 Å². The highest BCUT2D eigenvalue weighted by Crippen LogP contribution is 2.15. The van der Waals surface area contributed by atoms with Crippen LogP contribution in [0.5, 0.6) is 0 Å². The molecule has 0 bridgehead atoms. The van der Waals surface area contributed by atoms with Crippen LogP contribution in [0, 0.1) is 0 Å². The van der Waals surface area contributed by atoms with Crippen LogP contribution in [0.2, 0.25) is 0 Å². The van der Waals surface area contributed by atoms with Crippen LogP contribution in [0.25, 0.3) is 0 Å². The number of quaternary nitrogens is 1.